The first kappa shape index (κ1) is 15.9. The van der Waals surface area contributed by atoms with Crippen LogP contribution >= 0.6 is 0 Å². The van der Waals surface area contributed by atoms with E-state index in [1.807, 2.05) is 0 Å². The van der Waals surface area contributed by atoms with Crippen LogP contribution in [-0.2, 0) is 9.59 Å². The molecule has 0 aromatic rings. The van der Waals surface area contributed by atoms with E-state index in [2.05, 4.69) is 24.1 Å². The zero-order valence-corrected chi connectivity index (χ0v) is 11.2. The summed E-state index contributed by atoms with van der Waals surface area (Å²) in [7, 11) is 0. The standard InChI is InChI=1S/C12H24N2O3/c1-5-14(6-2)8-7-13-10(15)9-12(3,4)11(16)17/h5-9H2,1-4H3,(H,13,15)(H,16,17). The Morgan fingerprint density at radius 1 is 1.24 bits per heavy atom. The molecule has 0 radical (unpaired) electrons. The second-order valence-corrected chi connectivity index (χ2v) is 4.74. The highest BCUT2D eigenvalue weighted by molar-refractivity contribution is 5.84. The molecule has 0 bridgehead atoms. The van der Waals surface area contributed by atoms with Gasteiger partial charge in [0, 0.05) is 19.5 Å². The molecular weight excluding hydrogens is 220 g/mol. The van der Waals surface area contributed by atoms with Crippen molar-refractivity contribution in [3.05, 3.63) is 0 Å². The van der Waals surface area contributed by atoms with Crippen molar-refractivity contribution in [1.29, 1.82) is 0 Å². The van der Waals surface area contributed by atoms with Gasteiger partial charge in [-0.3, -0.25) is 9.59 Å². The minimum absolute atomic E-state index is 0.0145. The highest BCUT2D eigenvalue weighted by Crippen LogP contribution is 2.19. The quantitative estimate of drug-likeness (QED) is 0.667. The molecule has 100 valence electrons. The molecule has 5 nitrogen and oxygen atoms in total. The SMILES string of the molecule is CCN(CC)CCNC(=O)CC(C)(C)C(=O)O. The van der Waals surface area contributed by atoms with Crippen molar-refractivity contribution in [1.82, 2.24) is 10.2 Å². The number of aliphatic carboxylic acids is 1. The number of carbonyl (C=O) groups is 2. The van der Waals surface area contributed by atoms with Gasteiger partial charge in [0.25, 0.3) is 0 Å². The summed E-state index contributed by atoms with van der Waals surface area (Å²) in [6, 6.07) is 0. The van der Waals surface area contributed by atoms with Crippen molar-refractivity contribution in [2.75, 3.05) is 26.2 Å². The van der Waals surface area contributed by atoms with E-state index < -0.39 is 11.4 Å². The zero-order valence-electron chi connectivity index (χ0n) is 11.2. The number of nitrogens with zero attached hydrogens (tertiary/aromatic N) is 1. The fourth-order valence-corrected chi connectivity index (χ4v) is 1.43. The predicted molar refractivity (Wildman–Crippen MR) is 66.8 cm³/mol. The number of carboxylic acids is 1. The summed E-state index contributed by atoms with van der Waals surface area (Å²) in [5.74, 6) is -1.15. The molecule has 0 saturated carbocycles. The smallest absolute Gasteiger partial charge is 0.309 e. The third-order valence-electron chi connectivity index (χ3n) is 2.83. The van der Waals surface area contributed by atoms with E-state index in [0.717, 1.165) is 19.6 Å². The van der Waals surface area contributed by atoms with Crippen molar-refractivity contribution in [2.24, 2.45) is 5.41 Å². The van der Waals surface area contributed by atoms with Crippen LogP contribution in [0.5, 0.6) is 0 Å². The Balaban J connectivity index is 3.92. The monoisotopic (exact) mass is 244 g/mol. The highest BCUT2D eigenvalue weighted by atomic mass is 16.4. The van der Waals surface area contributed by atoms with E-state index in [0.29, 0.717) is 6.54 Å². The highest BCUT2D eigenvalue weighted by Gasteiger charge is 2.29. The molecule has 2 N–H and O–H groups in total. The van der Waals surface area contributed by atoms with Crippen LogP contribution in [0, 0.1) is 5.41 Å². The lowest BCUT2D eigenvalue weighted by Crippen LogP contribution is -2.38. The number of hydrogen-bond acceptors (Lipinski definition) is 3. The van der Waals surface area contributed by atoms with Crippen LogP contribution in [0.25, 0.3) is 0 Å². The average molecular weight is 244 g/mol. The van der Waals surface area contributed by atoms with E-state index in [9.17, 15) is 9.59 Å². The van der Waals surface area contributed by atoms with Gasteiger partial charge in [-0.1, -0.05) is 13.8 Å². The molecule has 17 heavy (non-hydrogen) atoms. The van der Waals surface area contributed by atoms with Gasteiger partial charge in [0.1, 0.15) is 0 Å². The summed E-state index contributed by atoms with van der Waals surface area (Å²) < 4.78 is 0. The molecule has 0 spiro atoms. The molecule has 1 amide bonds. The van der Waals surface area contributed by atoms with Crippen LogP contribution in [0.15, 0.2) is 0 Å². The van der Waals surface area contributed by atoms with Gasteiger partial charge >= 0.3 is 5.97 Å². The second-order valence-electron chi connectivity index (χ2n) is 4.74. The van der Waals surface area contributed by atoms with Crippen molar-refractivity contribution < 1.29 is 14.7 Å². The van der Waals surface area contributed by atoms with Crippen LogP contribution in [0.1, 0.15) is 34.1 Å². The normalized spacial score (nSPS) is 11.6. The topological polar surface area (TPSA) is 69.6 Å². The molecule has 5 heteroatoms. The first-order chi connectivity index (χ1) is 7.83. The van der Waals surface area contributed by atoms with Crippen LogP contribution < -0.4 is 5.32 Å². The Morgan fingerprint density at radius 2 is 1.76 bits per heavy atom. The Labute approximate surface area is 103 Å². The van der Waals surface area contributed by atoms with Crippen LogP contribution in [0.4, 0.5) is 0 Å². The number of amides is 1. The molecule has 0 aromatic heterocycles. The first-order valence-corrected chi connectivity index (χ1v) is 6.06. The van der Waals surface area contributed by atoms with Crippen LogP contribution in [0.3, 0.4) is 0 Å². The number of nitrogens with one attached hydrogen (secondary N) is 1. The third-order valence-corrected chi connectivity index (χ3v) is 2.83. The molecule has 0 heterocycles. The first-order valence-electron chi connectivity index (χ1n) is 6.06. The maximum absolute atomic E-state index is 11.5. The lowest BCUT2D eigenvalue weighted by atomic mass is 9.89. The van der Waals surface area contributed by atoms with E-state index >= 15 is 0 Å². The molecule has 0 saturated heterocycles. The fraction of sp³-hybridized carbons (Fsp3) is 0.833. The summed E-state index contributed by atoms with van der Waals surface area (Å²) in [6.45, 7) is 10.5. The summed E-state index contributed by atoms with van der Waals surface area (Å²) >= 11 is 0. The van der Waals surface area contributed by atoms with Crippen LogP contribution in [0.2, 0.25) is 0 Å². The van der Waals surface area contributed by atoms with Gasteiger partial charge in [0.2, 0.25) is 5.91 Å². The Hall–Kier alpha value is -1.10. The molecular formula is C12H24N2O3. The molecule has 0 rings (SSSR count). The molecule has 0 aliphatic heterocycles. The second kappa shape index (κ2) is 7.27. The van der Waals surface area contributed by atoms with Crippen molar-refractivity contribution in [2.45, 2.75) is 34.1 Å². The molecule has 0 fully saturated rings. The molecule has 0 aromatic carbocycles. The minimum atomic E-state index is -1.00. The van der Waals surface area contributed by atoms with Gasteiger partial charge in [-0.05, 0) is 26.9 Å². The maximum atomic E-state index is 11.5. The third kappa shape index (κ3) is 6.26. The Kier molecular flexibility index (Phi) is 6.80. The van der Waals surface area contributed by atoms with Gasteiger partial charge < -0.3 is 15.3 Å². The van der Waals surface area contributed by atoms with Crippen molar-refractivity contribution >= 4 is 11.9 Å². The number of carbonyl (C=O) groups excluding carboxylic acids is 1. The van der Waals surface area contributed by atoms with E-state index in [1.165, 1.54) is 0 Å². The fourth-order valence-electron chi connectivity index (χ4n) is 1.43. The molecule has 0 atom stereocenters. The lowest BCUT2D eigenvalue weighted by Gasteiger charge is -2.20. The number of rotatable bonds is 8. The van der Waals surface area contributed by atoms with Crippen LogP contribution in [-0.4, -0.2) is 48.1 Å². The maximum Gasteiger partial charge on any atom is 0.309 e. The molecule has 0 aliphatic rings. The van der Waals surface area contributed by atoms with Gasteiger partial charge in [0.15, 0.2) is 0 Å². The summed E-state index contributed by atoms with van der Waals surface area (Å²) in [5, 5.41) is 11.6. The number of likely N-dealkylation sites (N-methyl/N-ethyl adjacent to an activating group) is 1. The summed E-state index contributed by atoms with van der Waals surface area (Å²) in [5.41, 5.74) is -1.00. The summed E-state index contributed by atoms with van der Waals surface area (Å²) in [4.78, 5) is 24.6. The van der Waals surface area contributed by atoms with Gasteiger partial charge in [0.05, 0.1) is 5.41 Å². The number of carboxylic acid groups (broad SMARTS) is 1. The zero-order chi connectivity index (χ0) is 13.5. The minimum Gasteiger partial charge on any atom is -0.481 e. The van der Waals surface area contributed by atoms with E-state index in [-0.39, 0.29) is 12.3 Å². The van der Waals surface area contributed by atoms with E-state index in [4.69, 9.17) is 5.11 Å². The predicted octanol–water partition coefficient (Wildman–Crippen LogP) is 0.945. The largest absolute Gasteiger partial charge is 0.481 e. The summed E-state index contributed by atoms with van der Waals surface area (Å²) in [6.07, 6.45) is 0.0145. The van der Waals surface area contributed by atoms with E-state index in [1.54, 1.807) is 13.8 Å². The molecule has 0 aliphatic carbocycles. The average Bonchev–Trinajstić information content (AvgIpc) is 2.23. The number of hydrogen-bond donors (Lipinski definition) is 2. The Morgan fingerprint density at radius 3 is 2.18 bits per heavy atom. The van der Waals surface area contributed by atoms with Crippen molar-refractivity contribution in [3.63, 3.8) is 0 Å². The Bertz CT molecular complexity index is 260. The van der Waals surface area contributed by atoms with Gasteiger partial charge in [-0.25, -0.2) is 0 Å². The lowest BCUT2D eigenvalue weighted by molar-refractivity contribution is -0.149. The van der Waals surface area contributed by atoms with Crippen molar-refractivity contribution in [3.8, 4) is 0 Å². The van der Waals surface area contributed by atoms with Gasteiger partial charge in [-0.15, -0.1) is 0 Å². The molecule has 0 unspecified atom stereocenters. The van der Waals surface area contributed by atoms with Gasteiger partial charge in [-0.2, -0.15) is 0 Å².